The fraction of sp³-hybridized carbons (Fsp3) is 0.0800. The zero-order valence-electron chi connectivity index (χ0n) is 17.0. The Labute approximate surface area is 184 Å². The number of nitrogens with zero attached hydrogens (tertiary/aromatic N) is 2. The van der Waals surface area contributed by atoms with E-state index < -0.39 is 23.8 Å². The van der Waals surface area contributed by atoms with Gasteiger partial charge in [-0.3, -0.25) is 9.59 Å². The topological polar surface area (TPSA) is 73.2 Å². The third-order valence-electron chi connectivity index (χ3n) is 4.71. The van der Waals surface area contributed by atoms with Gasteiger partial charge in [0.1, 0.15) is 5.82 Å². The maximum atomic E-state index is 13.1. The molecule has 0 aliphatic rings. The number of halogens is 1. The standard InChI is InChI=1S/C25H20FN3O3/c26-20-11-13-21(14-12-20)28-25(31)24(19-7-3-1-4-8-19)32-23(30)15-18-16-27-29(17-18)22-9-5-2-6-10-22/h1-14,16-17,24H,15H2,(H,28,31). The number of ether oxygens (including phenoxy) is 1. The molecule has 1 heterocycles. The number of hydrogen-bond donors (Lipinski definition) is 1. The fourth-order valence-corrected chi connectivity index (χ4v) is 3.15. The number of carbonyl (C=O) groups is 2. The van der Waals surface area contributed by atoms with Crippen LogP contribution >= 0.6 is 0 Å². The monoisotopic (exact) mass is 429 g/mol. The molecule has 1 atom stereocenters. The van der Waals surface area contributed by atoms with Gasteiger partial charge < -0.3 is 10.1 Å². The molecule has 0 radical (unpaired) electrons. The maximum Gasteiger partial charge on any atom is 0.311 e. The number of amides is 1. The molecule has 0 spiro atoms. The Morgan fingerprint density at radius 3 is 2.28 bits per heavy atom. The first kappa shape index (κ1) is 21.0. The summed E-state index contributed by atoms with van der Waals surface area (Å²) in [4.78, 5) is 25.5. The van der Waals surface area contributed by atoms with Gasteiger partial charge in [0.25, 0.3) is 5.91 Å². The smallest absolute Gasteiger partial charge is 0.311 e. The molecule has 1 aromatic heterocycles. The molecule has 0 fully saturated rings. The number of carbonyl (C=O) groups excluding carboxylic acids is 2. The van der Waals surface area contributed by atoms with Gasteiger partial charge in [0.05, 0.1) is 18.3 Å². The number of rotatable bonds is 7. The molecule has 0 saturated heterocycles. The predicted molar refractivity (Wildman–Crippen MR) is 118 cm³/mol. The Balaban J connectivity index is 1.47. The van der Waals surface area contributed by atoms with E-state index in [4.69, 9.17) is 4.74 Å². The third-order valence-corrected chi connectivity index (χ3v) is 4.71. The molecule has 160 valence electrons. The number of esters is 1. The molecule has 4 aromatic rings. The van der Waals surface area contributed by atoms with Crippen LogP contribution in [0.3, 0.4) is 0 Å². The number of aromatic nitrogens is 2. The van der Waals surface area contributed by atoms with Crippen molar-refractivity contribution >= 4 is 17.6 Å². The Kier molecular flexibility index (Phi) is 6.36. The molecule has 1 N–H and O–H groups in total. The van der Waals surface area contributed by atoms with Crippen LogP contribution in [-0.4, -0.2) is 21.7 Å². The lowest BCUT2D eigenvalue weighted by atomic mass is 10.1. The van der Waals surface area contributed by atoms with E-state index in [1.807, 2.05) is 30.3 Å². The van der Waals surface area contributed by atoms with Crippen molar-refractivity contribution in [3.63, 3.8) is 0 Å². The second kappa shape index (κ2) is 9.70. The summed E-state index contributed by atoms with van der Waals surface area (Å²) in [7, 11) is 0. The zero-order chi connectivity index (χ0) is 22.3. The summed E-state index contributed by atoms with van der Waals surface area (Å²) in [5.41, 5.74) is 2.45. The van der Waals surface area contributed by atoms with E-state index in [9.17, 15) is 14.0 Å². The van der Waals surface area contributed by atoms with Crippen LogP contribution in [0.1, 0.15) is 17.2 Å². The highest BCUT2D eigenvalue weighted by molar-refractivity contribution is 5.96. The normalized spacial score (nSPS) is 11.5. The number of anilines is 1. The lowest BCUT2D eigenvalue weighted by molar-refractivity contribution is -0.154. The van der Waals surface area contributed by atoms with Gasteiger partial charge in [-0.05, 0) is 36.4 Å². The van der Waals surface area contributed by atoms with E-state index in [1.54, 1.807) is 47.4 Å². The summed E-state index contributed by atoms with van der Waals surface area (Å²) < 4.78 is 20.4. The van der Waals surface area contributed by atoms with Crippen molar-refractivity contribution in [1.29, 1.82) is 0 Å². The number of para-hydroxylation sites is 1. The zero-order valence-corrected chi connectivity index (χ0v) is 17.0. The first-order valence-corrected chi connectivity index (χ1v) is 9.98. The van der Waals surface area contributed by atoms with Crippen molar-refractivity contribution in [1.82, 2.24) is 9.78 Å². The molecule has 0 saturated carbocycles. The predicted octanol–water partition coefficient (Wildman–Crippen LogP) is 4.48. The summed E-state index contributed by atoms with van der Waals surface area (Å²) in [6, 6.07) is 23.6. The lowest BCUT2D eigenvalue weighted by Gasteiger charge is -2.18. The van der Waals surface area contributed by atoms with E-state index in [0.717, 1.165) is 5.69 Å². The summed E-state index contributed by atoms with van der Waals surface area (Å²) in [6.45, 7) is 0. The first-order valence-electron chi connectivity index (χ1n) is 9.98. The quantitative estimate of drug-likeness (QED) is 0.440. The van der Waals surface area contributed by atoms with E-state index in [-0.39, 0.29) is 6.42 Å². The minimum Gasteiger partial charge on any atom is -0.447 e. The van der Waals surface area contributed by atoms with Crippen LogP contribution in [0.15, 0.2) is 97.3 Å². The van der Waals surface area contributed by atoms with Gasteiger partial charge in [0.15, 0.2) is 0 Å². The minimum atomic E-state index is -1.15. The highest BCUT2D eigenvalue weighted by Gasteiger charge is 2.25. The first-order chi connectivity index (χ1) is 15.6. The summed E-state index contributed by atoms with van der Waals surface area (Å²) in [6.07, 6.45) is 2.13. The van der Waals surface area contributed by atoms with Crippen molar-refractivity contribution in [3.8, 4) is 5.69 Å². The van der Waals surface area contributed by atoms with Crippen molar-refractivity contribution < 1.29 is 18.7 Å². The van der Waals surface area contributed by atoms with Crippen LogP contribution in [0.5, 0.6) is 0 Å². The van der Waals surface area contributed by atoms with Gasteiger partial charge >= 0.3 is 5.97 Å². The van der Waals surface area contributed by atoms with Crippen molar-refractivity contribution in [2.75, 3.05) is 5.32 Å². The molecule has 0 aliphatic carbocycles. The molecule has 1 unspecified atom stereocenters. The van der Waals surface area contributed by atoms with Gasteiger partial charge in [0.2, 0.25) is 6.10 Å². The largest absolute Gasteiger partial charge is 0.447 e. The summed E-state index contributed by atoms with van der Waals surface area (Å²) >= 11 is 0. The molecular weight excluding hydrogens is 409 g/mol. The molecule has 0 aliphatic heterocycles. The van der Waals surface area contributed by atoms with Crippen LogP contribution in [0.25, 0.3) is 5.69 Å². The number of nitrogens with one attached hydrogen (secondary N) is 1. The van der Waals surface area contributed by atoms with Gasteiger partial charge in [-0.2, -0.15) is 5.10 Å². The highest BCUT2D eigenvalue weighted by Crippen LogP contribution is 2.21. The second-order valence-electron chi connectivity index (χ2n) is 7.08. The highest BCUT2D eigenvalue weighted by atomic mass is 19.1. The Morgan fingerprint density at radius 1 is 0.938 bits per heavy atom. The van der Waals surface area contributed by atoms with Gasteiger partial charge in [-0.25, -0.2) is 9.07 Å². The van der Waals surface area contributed by atoms with Crippen LogP contribution in [-0.2, 0) is 20.7 Å². The van der Waals surface area contributed by atoms with Crippen LogP contribution in [0.4, 0.5) is 10.1 Å². The van der Waals surface area contributed by atoms with Crippen LogP contribution in [0.2, 0.25) is 0 Å². The van der Waals surface area contributed by atoms with Crippen molar-refractivity contribution in [2.45, 2.75) is 12.5 Å². The molecule has 4 rings (SSSR count). The molecule has 32 heavy (non-hydrogen) atoms. The number of hydrogen-bond acceptors (Lipinski definition) is 4. The molecule has 6 nitrogen and oxygen atoms in total. The lowest BCUT2D eigenvalue weighted by Crippen LogP contribution is -2.26. The van der Waals surface area contributed by atoms with Gasteiger partial charge in [-0.1, -0.05) is 48.5 Å². The van der Waals surface area contributed by atoms with Crippen LogP contribution in [0, 0.1) is 5.82 Å². The average Bonchev–Trinajstić information content (AvgIpc) is 3.28. The number of benzene rings is 3. The van der Waals surface area contributed by atoms with Gasteiger partial charge in [0, 0.05) is 23.0 Å². The second-order valence-corrected chi connectivity index (χ2v) is 7.08. The van der Waals surface area contributed by atoms with E-state index in [1.165, 1.54) is 24.3 Å². The Bertz CT molecular complexity index is 1190. The average molecular weight is 429 g/mol. The fourth-order valence-electron chi connectivity index (χ4n) is 3.15. The van der Waals surface area contributed by atoms with Crippen molar-refractivity contribution in [3.05, 3.63) is 114 Å². The molecule has 1 amide bonds. The van der Waals surface area contributed by atoms with Gasteiger partial charge in [-0.15, -0.1) is 0 Å². The molecule has 3 aromatic carbocycles. The third kappa shape index (κ3) is 5.26. The summed E-state index contributed by atoms with van der Waals surface area (Å²) in [5, 5.41) is 6.94. The molecule has 7 heteroatoms. The molecular formula is C25H20FN3O3. The minimum absolute atomic E-state index is 0.0417. The van der Waals surface area contributed by atoms with E-state index in [0.29, 0.717) is 16.8 Å². The summed E-state index contributed by atoms with van der Waals surface area (Å²) in [5.74, 6) is -1.51. The van der Waals surface area contributed by atoms with Crippen molar-refractivity contribution in [2.24, 2.45) is 0 Å². The van der Waals surface area contributed by atoms with E-state index in [2.05, 4.69) is 10.4 Å². The maximum absolute atomic E-state index is 13.1. The molecule has 0 bridgehead atoms. The van der Waals surface area contributed by atoms with E-state index >= 15 is 0 Å². The Morgan fingerprint density at radius 2 is 1.59 bits per heavy atom. The SMILES string of the molecule is O=C(Cc1cnn(-c2ccccc2)c1)OC(C(=O)Nc1ccc(F)cc1)c1ccccc1. The van der Waals surface area contributed by atoms with Crippen LogP contribution < -0.4 is 5.32 Å². The Hall–Kier alpha value is -4.26.